The zero-order valence-corrected chi connectivity index (χ0v) is 17.7. The Balaban J connectivity index is 1.33. The van der Waals surface area contributed by atoms with E-state index in [9.17, 15) is 9.59 Å². The van der Waals surface area contributed by atoms with Gasteiger partial charge in [0.1, 0.15) is 0 Å². The van der Waals surface area contributed by atoms with Gasteiger partial charge in [-0.3, -0.25) is 4.79 Å². The molecule has 7 nitrogen and oxygen atoms in total. The predicted octanol–water partition coefficient (Wildman–Crippen LogP) is 4.72. The van der Waals surface area contributed by atoms with E-state index in [2.05, 4.69) is 34.0 Å². The van der Waals surface area contributed by atoms with Crippen LogP contribution in [0.1, 0.15) is 13.3 Å². The van der Waals surface area contributed by atoms with Crippen molar-refractivity contribution in [2.24, 2.45) is 0 Å². The molecule has 3 aromatic heterocycles. The summed E-state index contributed by atoms with van der Waals surface area (Å²) in [6.07, 6.45) is 0.116. The van der Waals surface area contributed by atoms with E-state index in [4.69, 9.17) is 4.42 Å². The van der Waals surface area contributed by atoms with Crippen molar-refractivity contribution in [1.82, 2.24) is 14.3 Å². The van der Waals surface area contributed by atoms with Crippen molar-refractivity contribution in [2.75, 3.05) is 5.32 Å². The summed E-state index contributed by atoms with van der Waals surface area (Å²) in [5.41, 5.74) is 3.04. The topological polar surface area (TPSA) is 82.1 Å². The van der Waals surface area contributed by atoms with Gasteiger partial charge in [-0.15, -0.1) is 16.4 Å². The Labute approximate surface area is 181 Å². The van der Waals surface area contributed by atoms with E-state index in [-0.39, 0.29) is 24.8 Å². The summed E-state index contributed by atoms with van der Waals surface area (Å²) in [5, 5.41) is 11.3. The number of amides is 1. The van der Waals surface area contributed by atoms with Crippen molar-refractivity contribution < 1.29 is 9.21 Å². The van der Waals surface area contributed by atoms with E-state index in [1.165, 1.54) is 21.5 Å². The number of para-hydroxylation sites is 1. The quantitative estimate of drug-likeness (QED) is 0.421. The van der Waals surface area contributed by atoms with Crippen LogP contribution in [-0.4, -0.2) is 20.3 Å². The lowest BCUT2D eigenvalue weighted by Crippen LogP contribution is -2.20. The molecule has 3 heterocycles. The fraction of sp³-hybridized carbons (Fsp3) is 0.174. The SMILES string of the molecule is CCn1c2ccccc2c2cc(NC(=O)CCn3nc(-c4cccs4)oc3=O)ccc21. The van der Waals surface area contributed by atoms with Crippen molar-refractivity contribution in [3.8, 4) is 10.8 Å². The average Bonchev–Trinajstić information content (AvgIpc) is 3.50. The van der Waals surface area contributed by atoms with Gasteiger partial charge in [0.25, 0.3) is 5.89 Å². The summed E-state index contributed by atoms with van der Waals surface area (Å²) in [5.74, 6) is -0.477. The van der Waals surface area contributed by atoms with Crippen LogP contribution in [0.25, 0.3) is 32.6 Å². The Bertz CT molecular complexity index is 1440. The fourth-order valence-electron chi connectivity index (χ4n) is 3.85. The summed E-state index contributed by atoms with van der Waals surface area (Å²) < 4.78 is 8.63. The molecule has 5 rings (SSSR count). The van der Waals surface area contributed by atoms with Gasteiger partial charge in [0.05, 0.1) is 11.4 Å². The summed E-state index contributed by atoms with van der Waals surface area (Å²) in [6.45, 7) is 3.14. The van der Waals surface area contributed by atoms with E-state index in [1.807, 2.05) is 47.8 Å². The molecule has 0 saturated carbocycles. The molecule has 0 atom stereocenters. The molecule has 5 aromatic rings. The molecule has 0 radical (unpaired) electrons. The third-order valence-electron chi connectivity index (χ3n) is 5.26. The smallest absolute Gasteiger partial charge is 0.387 e. The molecule has 1 N–H and O–H groups in total. The first-order valence-corrected chi connectivity index (χ1v) is 10.9. The molecule has 8 heteroatoms. The lowest BCUT2D eigenvalue weighted by atomic mass is 10.1. The number of carbonyl (C=O) groups is 1. The zero-order chi connectivity index (χ0) is 21.4. The maximum atomic E-state index is 12.5. The molecule has 1 amide bonds. The second kappa shape index (κ2) is 7.88. The van der Waals surface area contributed by atoms with Gasteiger partial charge in [-0.1, -0.05) is 24.3 Å². The maximum Gasteiger partial charge on any atom is 0.437 e. The molecule has 2 aromatic carbocycles. The van der Waals surface area contributed by atoms with Gasteiger partial charge in [0.15, 0.2) is 0 Å². The van der Waals surface area contributed by atoms with E-state index in [0.29, 0.717) is 0 Å². The number of hydrogen-bond donors (Lipinski definition) is 1. The molecule has 0 aliphatic heterocycles. The highest BCUT2D eigenvalue weighted by atomic mass is 32.1. The summed E-state index contributed by atoms with van der Waals surface area (Å²) >= 11 is 1.44. The van der Waals surface area contributed by atoms with Crippen LogP contribution in [0.15, 0.2) is 69.2 Å². The molecule has 156 valence electrons. The Morgan fingerprint density at radius 1 is 1.10 bits per heavy atom. The lowest BCUT2D eigenvalue weighted by molar-refractivity contribution is -0.116. The summed E-state index contributed by atoms with van der Waals surface area (Å²) in [7, 11) is 0. The van der Waals surface area contributed by atoms with Crippen molar-refractivity contribution >= 4 is 44.7 Å². The first-order valence-electron chi connectivity index (χ1n) is 10.1. The highest BCUT2D eigenvalue weighted by Crippen LogP contribution is 2.31. The minimum absolute atomic E-state index is 0.116. The van der Waals surface area contributed by atoms with Crippen LogP contribution in [0.2, 0.25) is 0 Å². The van der Waals surface area contributed by atoms with E-state index >= 15 is 0 Å². The van der Waals surface area contributed by atoms with Crippen molar-refractivity contribution in [2.45, 2.75) is 26.4 Å². The third-order valence-corrected chi connectivity index (χ3v) is 6.12. The lowest BCUT2D eigenvalue weighted by Gasteiger charge is -2.06. The molecule has 0 spiro atoms. The summed E-state index contributed by atoms with van der Waals surface area (Å²) in [4.78, 5) is 25.3. The van der Waals surface area contributed by atoms with Crippen LogP contribution in [0.3, 0.4) is 0 Å². The van der Waals surface area contributed by atoms with Gasteiger partial charge in [-0.2, -0.15) is 4.68 Å². The molecule has 0 aliphatic rings. The number of rotatable bonds is 6. The van der Waals surface area contributed by atoms with Crippen LogP contribution in [0, 0.1) is 0 Å². The molecule has 0 fully saturated rings. The number of aromatic nitrogens is 3. The van der Waals surface area contributed by atoms with Gasteiger partial charge in [-0.05, 0) is 42.6 Å². The largest absolute Gasteiger partial charge is 0.437 e. The number of nitrogens with one attached hydrogen (secondary N) is 1. The number of thiophene rings is 1. The average molecular weight is 433 g/mol. The van der Waals surface area contributed by atoms with Gasteiger partial charge >= 0.3 is 5.76 Å². The minimum atomic E-state index is -0.565. The van der Waals surface area contributed by atoms with Crippen LogP contribution in [0.5, 0.6) is 0 Å². The number of aryl methyl sites for hydroxylation is 2. The first-order chi connectivity index (χ1) is 15.1. The number of anilines is 1. The molecule has 0 aliphatic carbocycles. The molecule has 0 saturated heterocycles. The maximum absolute atomic E-state index is 12.5. The van der Waals surface area contributed by atoms with E-state index in [1.54, 1.807) is 0 Å². The molecule has 0 bridgehead atoms. The zero-order valence-electron chi connectivity index (χ0n) is 16.9. The van der Waals surface area contributed by atoms with Crippen LogP contribution in [0.4, 0.5) is 5.69 Å². The Hall–Kier alpha value is -3.65. The number of carbonyl (C=O) groups excluding carboxylic acids is 1. The molecular weight excluding hydrogens is 412 g/mol. The van der Waals surface area contributed by atoms with E-state index in [0.717, 1.165) is 33.4 Å². The van der Waals surface area contributed by atoms with Gasteiger partial charge in [0.2, 0.25) is 5.91 Å². The highest BCUT2D eigenvalue weighted by Gasteiger charge is 2.14. The van der Waals surface area contributed by atoms with Gasteiger partial charge in [-0.25, -0.2) is 4.79 Å². The highest BCUT2D eigenvalue weighted by molar-refractivity contribution is 7.13. The Morgan fingerprint density at radius 2 is 1.94 bits per heavy atom. The fourth-order valence-corrected chi connectivity index (χ4v) is 4.49. The van der Waals surface area contributed by atoms with Crippen LogP contribution in [-0.2, 0) is 17.9 Å². The number of fused-ring (bicyclic) bond motifs is 3. The number of hydrogen-bond acceptors (Lipinski definition) is 5. The van der Waals surface area contributed by atoms with E-state index < -0.39 is 5.76 Å². The van der Waals surface area contributed by atoms with Crippen molar-refractivity contribution in [1.29, 1.82) is 0 Å². The van der Waals surface area contributed by atoms with Crippen LogP contribution < -0.4 is 11.1 Å². The van der Waals surface area contributed by atoms with Crippen molar-refractivity contribution in [3.05, 3.63) is 70.5 Å². The minimum Gasteiger partial charge on any atom is -0.387 e. The second-order valence-electron chi connectivity index (χ2n) is 7.17. The Morgan fingerprint density at radius 3 is 2.74 bits per heavy atom. The standard InChI is InChI=1S/C23H20N4O3S/c1-2-26-18-7-4-3-6-16(18)17-14-15(9-10-19(17)26)24-21(28)11-12-27-23(29)30-22(25-27)20-8-5-13-31-20/h3-10,13-14H,2,11-12H2,1H3,(H,24,28). The van der Waals surface area contributed by atoms with Crippen molar-refractivity contribution in [3.63, 3.8) is 0 Å². The normalized spacial score (nSPS) is 11.4. The monoisotopic (exact) mass is 432 g/mol. The Kier molecular flexibility index (Phi) is 4.91. The molecule has 31 heavy (non-hydrogen) atoms. The number of nitrogens with zero attached hydrogens (tertiary/aromatic N) is 3. The van der Waals surface area contributed by atoms with Gasteiger partial charge in [0, 0.05) is 40.5 Å². The predicted molar refractivity (Wildman–Crippen MR) is 122 cm³/mol. The second-order valence-corrected chi connectivity index (χ2v) is 8.11. The number of benzene rings is 2. The molecule has 0 unspecified atom stereocenters. The third kappa shape index (κ3) is 3.55. The summed E-state index contributed by atoms with van der Waals surface area (Å²) in [6, 6.07) is 17.9. The van der Waals surface area contributed by atoms with Crippen LogP contribution >= 0.6 is 11.3 Å². The first kappa shape index (κ1) is 19.3. The van der Waals surface area contributed by atoms with Gasteiger partial charge < -0.3 is 14.3 Å². The molecular formula is C23H20N4O3S.